The molecule has 0 heterocycles. The second-order valence-corrected chi connectivity index (χ2v) is 7.56. The number of para-hydroxylation sites is 1. The van der Waals surface area contributed by atoms with Crippen LogP contribution in [0, 0.1) is 0 Å². The summed E-state index contributed by atoms with van der Waals surface area (Å²) in [5.74, 6) is 0. The summed E-state index contributed by atoms with van der Waals surface area (Å²) in [5, 5.41) is 0. The van der Waals surface area contributed by atoms with Crippen molar-refractivity contribution in [3.63, 3.8) is 0 Å². The molecule has 0 fully saturated rings. The Labute approximate surface area is 207 Å². The first kappa shape index (κ1) is 31.6. The minimum Gasteiger partial charge on any atom is -0.358 e. The quantitative estimate of drug-likeness (QED) is 0.247. The molecular weight excluding hydrogens is 503 g/mol. The first-order valence-corrected chi connectivity index (χ1v) is 10.2. The first-order valence-electron chi connectivity index (χ1n) is 8.51. The molecule has 1 aromatic rings. The number of benzene rings is 1. The molecule has 8 heteroatoms. The third-order valence-electron chi connectivity index (χ3n) is 3.45. The van der Waals surface area contributed by atoms with Crippen LogP contribution in [0.3, 0.4) is 0 Å². The van der Waals surface area contributed by atoms with E-state index in [0.29, 0.717) is 4.32 Å². The Morgan fingerprint density at radius 2 is 1.31 bits per heavy atom. The molecule has 0 aromatic heterocycles. The van der Waals surface area contributed by atoms with Crippen molar-refractivity contribution in [1.29, 1.82) is 0 Å². The van der Waals surface area contributed by atoms with Gasteiger partial charge in [0.05, 0.1) is 0 Å². The molecular formula is C18H30N2S4Zn2+4. The maximum absolute atomic E-state index is 5.03. The molecule has 0 amide bonds. The van der Waals surface area contributed by atoms with Gasteiger partial charge in [-0.1, -0.05) is 69.3 Å². The minimum absolute atomic E-state index is 0. The van der Waals surface area contributed by atoms with Crippen LogP contribution in [0.15, 0.2) is 30.3 Å². The zero-order chi connectivity index (χ0) is 18.4. The molecule has 0 spiro atoms. The molecule has 26 heavy (non-hydrogen) atoms. The summed E-state index contributed by atoms with van der Waals surface area (Å²) in [6.07, 6.45) is 4.87. The molecule has 1 rings (SSSR count). The fourth-order valence-electron chi connectivity index (χ4n) is 2.04. The van der Waals surface area contributed by atoms with Crippen molar-refractivity contribution in [1.82, 2.24) is 4.90 Å². The van der Waals surface area contributed by atoms with Gasteiger partial charge in [0.15, 0.2) is 0 Å². The molecule has 0 atom stereocenters. The topological polar surface area (TPSA) is 6.48 Å². The molecule has 0 N–H and O–H groups in total. The van der Waals surface area contributed by atoms with Crippen molar-refractivity contribution in [2.24, 2.45) is 0 Å². The van der Waals surface area contributed by atoms with Crippen molar-refractivity contribution in [3.8, 4) is 0 Å². The monoisotopic (exact) mass is 530 g/mol. The van der Waals surface area contributed by atoms with Crippen LogP contribution in [0.25, 0.3) is 0 Å². The zero-order valence-corrected chi connectivity index (χ0v) is 25.7. The van der Waals surface area contributed by atoms with Crippen molar-refractivity contribution in [2.75, 3.05) is 24.5 Å². The Balaban J connectivity index is -0.000000378. The molecule has 0 saturated carbocycles. The number of nitrogens with zero attached hydrogens (tertiary/aromatic N) is 2. The molecule has 0 aliphatic heterocycles. The average molecular weight is 534 g/mol. The van der Waals surface area contributed by atoms with Gasteiger partial charge >= 0.3 is 39.0 Å². The van der Waals surface area contributed by atoms with Crippen LogP contribution in [0.1, 0.15) is 46.5 Å². The zero-order valence-electron chi connectivity index (χ0n) is 16.4. The van der Waals surface area contributed by atoms with Gasteiger partial charge in [0.1, 0.15) is 8.64 Å². The average Bonchev–Trinajstić information content (AvgIpc) is 2.56. The van der Waals surface area contributed by atoms with Crippen molar-refractivity contribution >= 4 is 64.0 Å². The number of hydrogen-bond donors (Lipinski definition) is 2. The summed E-state index contributed by atoms with van der Waals surface area (Å²) in [6, 6.07) is 10.0. The number of thiocarbonyl (C=S) groups is 2. The van der Waals surface area contributed by atoms with Crippen LogP contribution >= 0.6 is 49.7 Å². The van der Waals surface area contributed by atoms with E-state index in [1.165, 1.54) is 25.7 Å². The Hall–Kier alpha value is 0.947. The molecule has 136 valence electrons. The molecule has 0 bridgehead atoms. The van der Waals surface area contributed by atoms with E-state index in [1.807, 2.05) is 35.2 Å². The van der Waals surface area contributed by atoms with Gasteiger partial charge in [-0.3, -0.25) is 0 Å². The normalized spacial score (nSPS) is 8.96. The Kier molecular flexibility index (Phi) is 25.2. The molecule has 0 aliphatic rings. The van der Waals surface area contributed by atoms with Gasteiger partial charge in [-0.15, -0.1) is 25.3 Å². The van der Waals surface area contributed by atoms with Gasteiger partial charge in [0.2, 0.25) is 0 Å². The second kappa shape index (κ2) is 20.7. The van der Waals surface area contributed by atoms with Gasteiger partial charge in [0.25, 0.3) is 0 Å². The number of anilines is 1. The molecule has 0 saturated heterocycles. The van der Waals surface area contributed by atoms with Crippen molar-refractivity contribution in [2.45, 2.75) is 46.5 Å². The standard InChI is InChI=1S/C9H11NS2.C9H19NS2.2Zn/c1-2-10(9(11)12)8-6-4-3-5-7-8;1-3-5-7-10(9(11)12)8-6-4-2;;/h3-7H,2H2,1H3,(H,11,12);3-8H2,1-2H3,(H,11,12);;/q;;2*+2. The third-order valence-corrected chi connectivity index (χ3v) is 4.45. The molecule has 0 aliphatic carbocycles. The van der Waals surface area contributed by atoms with E-state index in [1.54, 1.807) is 0 Å². The summed E-state index contributed by atoms with van der Waals surface area (Å²) in [4.78, 5) is 4.16. The number of thiol groups is 2. The van der Waals surface area contributed by atoms with Gasteiger partial charge in [-0.25, -0.2) is 0 Å². The Bertz CT molecular complexity index is 468. The maximum Gasteiger partial charge on any atom is 2.00 e. The van der Waals surface area contributed by atoms with Crippen LogP contribution < -0.4 is 4.90 Å². The fraction of sp³-hybridized carbons (Fsp3) is 0.556. The summed E-state index contributed by atoms with van der Waals surface area (Å²) in [5.41, 5.74) is 1.10. The van der Waals surface area contributed by atoms with E-state index in [-0.39, 0.29) is 39.0 Å². The maximum atomic E-state index is 5.03. The van der Waals surface area contributed by atoms with Crippen LogP contribution in [0.2, 0.25) is 0 Å². The summed E-state index contributed by atoms with van der Waals surface area (Å²) >= 11 is 18.4. The third kappa shape index (κ3) is 14.9. The van der Waals surface area contributed by atoms with Crippen LogP contribution in [0.4, 0.5) is 5.69 Å². The molecule has 2 nitrogen and oxygen atoms in total. The fourth-order valence-corrected chi connectivity index (χ4v) is 2.91. The van der Waals surface area contributed by atoms with Gasteiger partial charge in [0, 0.05) is 25.3 Å². The predicted octanol–water partition coefficient (Wildman–Crippen LogP) is 5.83. The van der Waals surface area contributed by atoms with Crippen LogP contribution in [-0.2, 0) is 39.0 Å². The van der Waals surface area contributed by atoms with E-state index in [9.17, 15) is 0 Å². The van der Waals surface area contributed by atoms with E-state index < -0.39 is 0 Å². The minimum atomic E-state index is 0. The summed E-state index contributed by atoms with van der Waals surface area (Å²) in [7, 11) is 0. The van der Waals surface area contributed by atoms with Crippen LogP contribution in [-0.4, -0.2) is 33.2 Å². The van der Waals surface area contributed by atoms with Gasteiger partial charge < -0.3 is 9.80 Å². The van der Waals surface area contributed by atoms with E-state index in [0.717, 1.165) is 29.6 Å². The Morgan fingerprint density at radius 3 is 1.62 bits per heavy atom. The first-order chi connectivity index (χ1) is 11.5. The van der Waals surface area contributed by atoms with E-state index >= 15 is 0 Å². The smallest absolute Gasteiger partial charge is 0.358 e. The second-order valence-electron chi connectivity index (χ2n) is 5.34. The predicted molar refractivity (Wildman–Crippen MR) is 124 cm³/mol. The molecule has 1 aromatic carbocycles. The Morgan fingerprint density at radius 1 is 0.846 bits per heavy atom. The SMILES string of the molecule is CCCCN(CCCC)C(=S)S.CCN(C(=S)S)c1ccccc1.[Zn+2].[Zn+2]. The van der Waals surface area contributed by atoms with Crippen molar-refractivity contribution < 1.29 is 39.0 Å². The van der Waals surface area contributed by atoms with Crippen LogP contribution in [0.5, 0.6) is 0 Å². The van der Waals surface area contributed by atoms with Gasteiger partial charge in [-0.2, -0.15) is 0 Å². The van der Waals surface area contributed by atoms with E-state index in [4.69, 9.17) is 24.4 Å². The largest absolute Gasteiger partial charge is 2.00 e. The van der Waals surface area contributed by atoms with E-state index in [2.05, 4.69) is 50.9 Å². The molecule has 0 radical (unpaired) electrons. The number of hydrogen-bond acceptors (Lipinski definition) is 2. The van der Waals surface area contributed by atoms with Crippen molar-refractivity contribution in [3.05, 3.63) is 30.3 Å². The summed E-state index contributed by atoms with van der Waals surface area (Å²) < 4.78 is 1.36. The summed E-state index contributed by atoms with van der Waals surface area (Å²) in [6.45, 7) is 9.43. The number of rotatable bonds is 8. The molecule has 0 unspecified atom stereocenters. The number of unbranched alkanes of at least 4 members (excludes halogenated alkanes) is 2. The van der Waals surface area contributed by atoms with Gasteiger partial charge in [-0.05, 0) is 31.9 Å².